The van der Waals surface area contributed by atoms with Gasteiger partial charge in [-0.15, -0.1) is 0 Å². The summed E-state index contributed by atoms with van der Waals surface area (Å²) < 4.78 is 0. The zero-order chi connectivity index (χ0) is 25.5. The smallest absolute Gasteiger partial charge is 0.257 e. The van der Waals surface area contributed by atoms with Crippen LogP contribution in [0.25, 0.3) is 0 Å². The van der Waals surface area contributed by atoms with Gasteiger partial charge in [0.25, 0.3) is 5.91 Å². The Morgan fingerprint density at radius 2 is 1.75 bits per heavy atom. The number of halogens is 3. The molecule has 1 aromatic heterocycles. The second-order valence-corrected chi connectivity index (χ2v) is 8.94. The summed E-state index contributed by atoms with van der Waals surface area (Å²) in [5.74, 6) is 0.151. The van der Waals surface area contributed by atoms with Crippen LogP contribution in [0.15, 0.2) is 84.1 Å². The highest BCUT2D eigenvalue weighted by molar-refractivity contribution is 6.35. The summed E-state index contributed by atoms with van der Waals surface area (Å²) in [5.41, 5.74) is 2.30. The number of rotatable bonds is 6. The molecule has 1 heterocycles. The third-order valence-corrected chi connectivity index (χ3v) is 6.05. The maximum Gasteiger partial charge on any atom is 0.257 e. The lowest BCUT2D eigenvalue weighted by atomic mass is 9.98. The van der Waals surface area contributed by atoms with E-state index in [1.807, 2.05) is 12.1 Å². The normalized spacial score (nSPS) is 12.0. The van der Waals surface area contributed by atoms with Crippen molar-refractivity contribution >= 4 is 52.4 Å². The van der Waals surface area contributed by atoms with Crippen molar-refractivity contribution < 1.29 is 4.79 Å². The number of hydrogen-bond donors (Lipinski definition) is 3. The molecular weight excluding hydrogens is 519 g/mol. The molecule has 7 nitrogen and oxygen atoms in total. The van der Waals surface area contributed by atoms with Crippen LogP contribution in [0.1, 0.15) is 33.2 Å². The lowest BCUT2D eigenvalue weighted by Crippen LogP contribution is -2.36. The van der Waals surface area contributed by atoms with Gasteiger partial charge in [-0.3, -0.25) is 15.1 Å². The molecule has 4 rings (SSSR count). The van der Waals surface area contributed by atoms with Crippen LogP contribution in [0.4, 0.5) is 5.69 Å². The second-order valence-electron chi connectivity index (χ2n) is 7.66. The Kier molecular flexibility index (Phi) is 8.24. The van der Waals surface area contributed by atoms with Gasteiger partial charge in [-0.05, 0) is 66.2 Å². The van der Waals surface area contributed by atoms with E-state index in [9.17, 15) is 4.79 Å². The molecule has 3 aromatic carbocycles. The van der Waals surface area contributed by atoms with Crippen LogP contribution in [0.3, 0.4) is 0 Å². The topological polar surface area (TPSA) is 106 Å². The monoisotopic (exact) mass is 536 g/mol. The number of nitrogens with one attached hydrogen (secondary N) is 3. The van der Waals surface area contributed by atoms with Gasteiger partial charge in [0.15, 0.2) is 0 Å². The van der Waals surface area contributed by atoms with Gasteiger partial charge in [0.1, 0.15) is 5.82 Å². The van der Waals surface area contributed by atoms with Gasteiger partial charge < -0.3 is 10.3 Å². The van der Waals surface area contributed by atoms with E-state index in [4.69, 9.17) is 40.1 Å². The van der Waals surface area contributed by atoms with E-state index in [-0.39, 0.29) is 18.4 Å². The summed E-state index contributed by atoms with van der Waals surface area (Å²) in [6.07, 6.45) is 3.37. The number of imidazole rings is 1. The van der Waals surface area contributed by atoms with Crippen LogP contribution >= 0.6 is 34.8 Å². The van der Waals surface area contributed by atoms with Crippen molar-refractivity contribution in [3.05, 3.63) is 117 Å². The first-order valence-corrected chi connectivity index (χ1v) is 11.9. The van der Waals surface area contributed by atoms with E-state index in [1.165, 1.54) is 0 Å². The fourth-order valence-electron chi connectivity index (χ4n) is 3.42. The number of H-pyrrole nitrogens is 1. The lowest BCUT2D eigenvalue weighted by Gasteiger charge is -2.17. The molecule has 0 bridgehead atoms. The highest BCUT2D eigenvalue weighted by Crippen LogP contribution is 2.31. The first-order valence-electron chi connectivity index (χ1n) is 10.8. The summed E-state index contributed by atoms with van der Waals surface area (Å²) in [4.78, 5) is 25.1. The molecule has 36 heavy (non-hydrogen) atoms. The van der Waals surface area contributed by atoms with Crippen molar-refractivity contribution in [1.82, 2.24) is 15.3 Å². The predicted molar refractivity (Wildman–Crippen MR) is 143 cm³/mol. The number of guanidine groups is 1. The van der Waals surface area contributed by atoms with Crippen LogP contribution in [0, 0.1) is 11.3 Å². The van der Waals surface area contributed by atoms with Crippen LogP contribution in [0.5, 0.6) is 0 Å². The molecule has 1 amide bonds. The van der Waals surface area contributed by atoms with Gasteiger partial charge in [0, 0.05) is 38.7 Å². The number of carbonyl (C=O) groups is 1. The number of anilines is 1. The maximum atomic E-state index is 12.9. The minimum absolute atomic E-state index is 0.207. The summed E-state index contributed by atoms with van der Waals surface area (Å²) in [5, 5.41) is 16.5. The average Bonchev–Trinajstić information content (AvgIpc) is 3.41. The van der Waals surface area contributed by atoms with E-state index >= 15 is 0 Å². The number of aromatic amines is 1. The average molecular weight is 538 g/mol. The highest BCUT2D eigenvalue weighted by Gasteiger charge is 2.20. The summed E-state index contributed by atoms with van der Waals surface area (Å²) in [6.45, 7) is 0.207. The van der Waals surface area contributed by atoms with Crippen molar-refractivity contribution in [2.45, 2.75) is 5.92 Å². The second kappa shape index (κ2) is 11.7. The third kappa shape index (κ3) is 6.43. The van der Waals surface area contributed by atoms with Crippen LogP contribution in [0.2, 0.25) is 15.1 Å². The Morgan fingerprint density at radius 1 is 1.03 bits per heavy atom. The van der Waals surface area contributed by atoms with E-state index < -0.39 is 5.91 Å². The minimum atomic E-state index is -0.390. The maximum absolute atomic E-state index is 12.9. The van der Waals surface area contributed by atoms with E-state index in [0.29, 0.717) is 37.7 Å². The molecule has 0 spiro atoms. The molecule has 0 saturated carbocycles. The van der Waals surface area contributed by atoms with E-state index in [0.717, 1.165) is 5.56 Å². The molecule has 180 valence electrons. The van der Waals surface area contributed by atoms with Gasteiger partial charge in [-0.1, -0.05) is 40.9 Å². The molecule has 0 aliphatic carbocycles. The zero-order valence-electron chi connectivity index (χ0n) is 18.7. The minimum Gasteiger partial charge on any atom is -0.348 e. The van der Waals surface area contributed by atoms with Crippen LogP contribution in [-0.4, -0.2) is 28.4 Å². The van der Waals surface area contributed by atoms with Gasteiger partial charge >= 0.3 is 0 Å². The number of hydrogen-bond acceptors (Lipinski definition) is 4. The highest BCUT2D eigenvalue weighted by atomic mass is 35.5. The van der Waals surface area contributed by atoms with Gasteiger partial charge in [0.05, 0.1) is 24.1 Å². The number of aromatic nitrogens is 2. The Labute approximate surface area is 222 Å². The van der Waals surface area contributed by atoms with E-state index in [2.05, 4.69) is 25.6 Å². The standard InChI is InChI=1S/C26H19Cl3N6O/c27-18-5-8-20(9-6-18)34-26(35-25(36)17-3-1-16(14-30)2-4-17)33-15-22(24-31-11-12-32-24)21-10-7-19(28)13-23(21)29/h1-13,22H,15H2,(H,31,32)(H2,33,34,35,36). The van der Waals surface area contributed by atoms with Crippen molar-refractivity contribution in [2.24, 2.45) is 4.99 Å². The molecule has 3 N–H and O–H groups in total. The van der Waals surface area contributed by atoms with Crippen LogP contribution in [-0.2, 0) is 0 Å². The first-order chi connectivity index (χ1) is 17.4. The number of benzene rings is 3. The third-order valence-electron chi connectivity index (χ3n) is 5.23. The zero-order valence-corrected chi connectivity index (χ0v) is 20.9. The fraction of sp³-hybridized carbons (Fsp3) is 0.0769. The predicted octanol–water partition coefficient (Wildman–Crippen LogP) is 6.27. The van der Waals surface area contributed by atoms with Gasteiger partial charge in [0.2, 0.25) is 5.96 Å². The molecule has 0 aliphatic heterocycles. The molecule has 0 aliphatic rings. The molecule has 1 unspecified atom stereocenters. The lowest BCUT2D eigenvalue weighted by molar-refractivity contribution is 0.0977. The fourth-order valence-corrected chi connectivity index (χ4v) is 4.09. The molecule has 10 heteroatoms. The molecular formula is C26H19Cl3N6O. The van der Waals surface area contributed by atoms with E-state index in [1.54, 1.807) is 73.1 Å². The summed E-state index contributed by atoms with van der Waals surface area (Å²) in [6, 6.07) is 20.6. The molecule has 1 atom stereocenters. The SMILES string of the molecule is N#Cc1ccc(C(=O)NC(=NCC(c2ncc[nH]2)c2ccc(Cl)cc2Cl)Nc2ccc(Cl)cc2)cc1. The number of amides is 1. The first kappa shape index (κ1) is 25.3. The molecule has 4 aromatic rings. The van der Waals surface area contributed by atoms with Gasteiger partial charge in [-0.25, -0.2) is 4.98 Å². The summed E-state index contributed by atoms with van der Waals surface area (Å²) in [7, 11) is 0. The molecule has 0 radical (unpaired) electrons. The number of nitriles is 1. The number of nitrogens with zero attached hydrogens (tertiary/aromatic N) is 3. The molecule has 0 fully saturated rings. The summed E-state index contributed by atoms with van der Waals surface area (Å²) >= 11 is 18.6. The largest absolute Gasteiger partial charge is 0.348 e. The quantitative estimate of drug-likeness (QED) is 0.199. The van der Waals surface area contributed by atoms with Crippen LogP contribution < -0.4 is 10.6 Å². The van der Waals surface area contributed by atoms with Crippen molar-refractivity contribution in [3.8, 4) is 6.07 Å². The molecule has 0 saturated heterocycles. The van der Waals surface area contributed by atoms with Gasteiger partial charge in [-0.2, -0.15) is 5.26 Å². The Bertz CT molecular complexity index is 1410. The Balaban J connectivity index is 1.64. The van der Waals surface area contributed by atoms with Crippen molar-refractivity contribution in [1.29, 1.82) is 5.26 Å². The Hall–Kier alpha value is -3.83. The van der Waals surface area contributed by atoms with Crippen molar-refractivity contribution in [3.63, 3.8) is 0 Å². The number of carbonyl (C=O) groups excluding carboxylic acids is 1. The Morgan fingerprint density at radius 3 is 2.39 bits per heavy atom. The van der Waals surface area contributed by atoms with Crippen molar-refractivity contribution in [2.75, 3.05) is 11.9 Å². The number of aliphatic imine (C=N–C) groups is 1.